The van der Waals surface area contributed by atoms with Crippen molar-refractivity contribution >= 4 is 11.6 Å². The maximum absolute atomic E-state index is 6.10. The van der Waals surface area contributed by atoms with Crippen molar-refractivity contribution in [2.45, 2.75) is 25.2 Å². The van der Waals surface area contributed by atoms with Gasteiger partial charge in [-0.1, -0.05) is 48.0 Å². The molecule has 4 aromatic rings. The Kier molecular flexibility index (Phi) is 6.33. The SMILES string of the molecule is Clc1ccc(-c2cc(C3CCN(CCc4ccccn4)CC3)n(-c3ccccc3)n2)cc1. The van der Waals surface area contributed by atoms with Crippen LogP contribution in [0.15, 0.2) is 85.1 Å². The summed E-state index contributed by atoms with van der Waals surface area (Å²) in [6.45, 7) is 3.28. The number of aromatic nitrogens is 3. The minimum Gasteiger partial charge on any atom is -0.303 e. The highest BCUT2D eigenvalue weighted by Gasteiger charge is 2.25. The lowest BCUT2D eigenvalue weighted by Crippen LogP contribution is -2.35. The summed E-state index contributed by atoms with van der Waals surface area (Å²) in [7, 11) is 0. The number of pyridine rings is 1. The maximum Gasteiger partial charge on any atom is 0.0930 e. The minimum absolute atomic E-state index is 0.495. The van der Waals surface area contributed by atoms with Crippen molar-refractivity contribution < 1.29 is 0 Å². The van der Waals surface area contributed by atoms with Crippen LogP contribution >= 0.6 is 11.6 Å². The predicted octanol–water partition coefficient (Wildman–Crippen LogP) is 6.01. The summed E-state index contributed by atoms with van der Waals surface area (Å²) in [4.78, 5) is 7.03. The van der Waals surface area contributed by atoms with Gasteiger partial charge in [0.2, 0.25) is 0 Å². The average Bonchev–Trinajstić information content (AvgIpc) is 3.30. The van der Waals surface area contributed by atoms with Crippen molar-refractivity contribution in [1.82, 2.24) is 19.7 Å². The van der Waals surface area contributed by atoms with Crippen molar-refractivity contribution in [1.29, 1.82) is 0 Å². The van der Waals surface area contributed by atoms with E-state index in [0.717, 1.165) is 60.9 Å². The van der Waals surface area contributed by atoms with E-state index in [0.29, 0.717) is 5.92 Å². The van der Waals surface area contributed by atoms with E-state index in [-0.39, 0.29) is 0 Å². The monoisotopic (exact) mass is 442 g/mol. The first kappa shape index (κ1) is 20.9. The van der Waals surface area contributed by atoms with Crippen LogP contribution < -0.4 is 0 Å². The molecule has 1 saturated heterocycles. The standard InChI is InChI=1S/C27H27ClN4/c28-23-11-9-21(10-12-23)26-20-27(32(30-26)25-7-2-1-3-8-25)22-13-17-31(18-14-22)19-15-24-6-4-5-16-29-24/h1-12,16,20,22H,13-15,17-19H2. The lowest BCUT2D eigenvalue weighted by atomic mass is 9.92. The fourth-order valence-electron chi connectivity index (χ4n) is 4.50. The summed E-state index contributed by atoms with van der Waals surface area (Å²) in [6.07, 6.45) is 5.17. The highest BCUT2D eigenvalue weighted by molar-refractivity contribution is 6.30. The average molecular weight is 443 g/mol. The predicted molar refractivity (Wildman–Crippen MR) is 130 cm³/mol. The van der Waals surface area contributed by atoms with Crippen molar-refractivity contribution in [3.05, 3.63) is 101 Å². The van der Waals surface area contributed by atoms with Crippen molar-refractivity contribution in [3.63, 3.8) is 0 Å². The van der Waals surface area contributed by atoms with Gasteiger partial charge in [0.15, 0.2) is 0 Å². The lowest BCUT2D eigenvalue weighted by molar-refractivity contribution is 0.211. The molecule has 2 aromatic carbocycles. The van der Waals surface area contributed by atoms with Crippen LogP contribution in [-0.4, -0.2) is 39.3 Å². The van der Waals surface area contributed by atoms with Crippen molar-refractivity contribution in [3.8, 4) is 16.9 Å². The Morgan fingerprint density at radius 3 is 2.34 bits per heavy atom. The molecule has 4 nitrogen and oxygen atoms in total. The van der Waals surface area contributed by atoms with E-state index in [2.05, 4.69) is 57.0 Å². The molecular formula is C27H27ClN4. The number of nitrogens with zero attached hydrogens (tertiary/aromatic N) is 4. The third kappa shape index (κ3) is 4.77. The van der Waals surface area contributed by atoms with Crippen LogP contribution in [0.3, 0.4) is 0 Å². The molecule has 5 heteroatoms. The third-order valence-corrected chi connectivity index (χ3v) is 6.55. The minimum atomic E-state index is 0.495. The smallest absolute Gasteiger partial charge is 0.0930 e. The first-order valence-electron chi connectivity index (χ1n) is 11.3. The lowest BCUT2D eigenvalue weighted by Gasteiger charge is -2.32. The van der Waals surface area contributed by atoms with Crippen LogP contribution in [0.25, 0.3) is 16.9 Å². The van der Waals surface area contributed by atoms with Gasteiger partial charge in [-0.25, -0.2) is 4.68 Å². The van der Waals surface area contributed by atoms with Gasteiger partial charge in [0.05, 0.1) is 11.4 Å². The molecule has 0 saturated carbocycles. The van der Waals surface area contributed by atoms with Crippen LogP contribution in [0, 0.1) is 0 Å². The first-order chi connectivity index (χ1) is 15.8. The molecule has 1 aliphatic heterocycles. The highest BCUT2D eigenvalue weighted by atomic mass is 35.5. The van der Waals surface area contributed by atoms with E-state index < -0.39 is 0 Å². The summed E-state index contributed by atoms with van der Waals surface area (Å²) in [6, 6.07) is 26.8. The third-order valence-electron chi connectivity index (χ3n) is 6.29. The summed E-state index contributed by atoms with van der Waals surface area (Å²) >= 11 is 6.10. The second-order valence-corrected chi connectivity index (χ2v) is 8.83. The molecule has 0 N–H and O–H groups in total. The van der Waals surface area contributed by atoms with Gasteiger partial charge in [0.25, 0.3) is 0 Å². The van der Waals surface area contributed by atoms with Gasteiger partial charge >= 0.3 is 0 Å². The number of para-hydroxylation sites is 1. The van der Waals surface area contributed by atoms with Gasteiger partial charge in [0.1, 0.15) is 0 Å². The molecule has 0 spiro atoms. The molecule has 1 aliphatic rings. The molecule has 0 aliphatic carbocycles. The molecule has 2 aromatic heterocycles. The Hall–Kier alpha value is -2.95. The van der Waals surface area contributed by atoms with E-state index in [4.69, 9.17) is 16.7 Å². The summed E-state index contributed by atoms with van der Waals surface area (Å²) in [5.41, 5.74) is 5.67. The Balaban J connectivity index is 1.34. The maximum atomic E-state index is 6.10. The van der Waals surface area contributed by atoms with Crippen LogP contribution in [0.5, 0.6) is 0 Å². The van der Waals surface area contributed by atoms with Gasteiger partial charge < -0.3 is 4.90 Å². The van der Waals surface area contributed by atoms with E-state index in [1.165, 1.54) is 11.4 Å². The van der Waals surface area contributed by atoms with Gasteiger partial charge in [-0.15, -0.1) is 0 Å². The van der Waals surface area contributed by atoms with Gasteiger partial charge in [-0.05, 0) is 68.4 Å². The molecule has 0 atom stereocenters. The van der Waals surface area contributed by atoms with Gasteiger partial charge in [-0.3, -0.25) is 4.98 Å². The first-order valence-corrected chi connectivity index (χ1v) is 11.7. The molecule has 5 rings (SSSR count). The van der Waals surface area contributed by atoms with Crippen molar-refractivity contribution in [2.24, 2.45) is 0 Å². The number of hydrogen-bond acceptors (Lipinski definition) is 3. The largest absolute Gasteiger partial charge is 0.303 e. The topological polar surface area (TPSA) is 34.0 Å². The molecule has 162 valence electrons. The zero-order valence-electron chi connectivity index (χ0n) is 18.1. The Morgan fingerprint density at radius 1 is 0.875 bits per heavy atom. The molecule has 3 heterocycles. The molecule has 0 amide bonds. The van der Waals surface area contributed by atoms with E-state index in [9.17, 15) is 0 Å². The highest BCUT2D eigenvalue weighted by Crippen LogP contribution is 2.33. The van der Waals surface area contributed by atoms with E-state index in [1.54, 1.807) is 0 Å². The second kappa shape index (κ2) is 9.68. The molecule has 0 radical (unpaired) electrons. The fourth-order valence-corrected chi connectivity index (χ4v) is 4.62. The van der Waals surface area contributed by atoms with Crippen LogP contribution in [0.1, 0.15) is 30.1 Å². The Morgan fingerprint density at radius 2 is 1.62 bits per heavy atom. The number of benzene rings is 2. The Labute approximate surface area is 194 Å². The molecule has 1 fully saturated rings. The van der Waals surface area contributed by atoms with Crippen LogP contribution in [-0.2, 0) is 6.42 Å². The second-order valence-electron chi connectivity index (χ2n) is 8.40. The normalized spacial score (nSPS) is 15.2. The van der Waals surface area contributed by atoms with E-state index in [1.807, 2.05) is 42.6 Å². The number of piperidine rings is 1. The number of likely N-dealkylation sites (tertiary alicyclic amines) is 1. The zero-order chi connectivity index (χ0) is 21.8. The summed E-state index contributed by atoms with van der Waals surface area (Å²) in [5.74, 6) is 0.495. The number of rotatable bonds is 6. The summed E-state index contributed by atoms with van der Waals surface area (Å²) in [5, 5.41) is 5.75. The van der Waals surface area contributed by atoms with Crippen LogP contribution in [0.4, 0.5) is 0 Å². The molecule has 0 unspecified atom stereocenters. The zero-order valence-corrected chi connectivity index (χ0v) is 18.8. The molecular weight excluding hydrogens is 416 g/mol. The molecule has 0 bridgehead atoms. The quantitative estimate of drug-likeness (QED) is 0.366. The fraction of sp³-hybridized carbons (Fsp3) is 0.259. The van der Waals surface area contributed by atoms with Crippen molar-refractivity contribution in [2.75, 3.05) is 19.6 Å². The van der Waals surface area contributed by atoms with Gasteiger partial charge in [-0.2, -0.15) is 5.10 Å². The summed E-state index contributed by atoms with van der Waals surface area (Å²) < 4.78 is 2.14. The van der Waals surface area contributed by atoms with Crippen LogP contribution in [0.2, 0.25) is 5.02 Å². The number of hydrogen-bond donors (Lipinski definition) is 0. The van der Waals surface area contributed by atoms with Gasteiger partial charge in [0, 0.05) is 47.1 Å². The van der Waals surface area contributed by atoms with E-state index >= 15 is 0 Å². The number of halogens is 1. The Bertz CT molecular complexity index is 1130. The molecule has 32 heavy (non-hydrogen) atoms.